The van der Waals surface area contributed by atoms with Gasteiger partial charge >= 0.3 is 0 Å². The monoisotopic (exact) mass is 267 g/mol. The van der Waals surface area contributed by atoms with Crippen LogP contribution in [0.5, 0.6) is 0 Å². The van der Waals surface area contributed by atoms with Crippen molar-refractivity contribution in [2.75, 3.05) is 23.7 Å². The molecular weight excluding hydrogens is 254 g/mol. The number of carbonyl (C=O) groups is 2. The molecule has 9 nitrogen and oxygen atoms in total. The summed E-state index contributed by atoms with van der Waals surface area (Å²) in [6.07, 6.45) is 0. The van der Waals surface area contributed by atoms with E-state index in [1.54, 1.807) is 0 Å². The van der Waals surface area contributed by atoms with Crippen molar-refractivity contribution in [1.82, 2.24) is 0 Å². The Labute approximate surface area is 108 Å². The number of nitrogens with zero attached hydrogens (tertiary/aromatic N) is 2. The van der Waals surface area contributed by atoms with Crippen molar-refractivity contribution in [1.29, 1.82) is 0 Å². The van der Waals surface area contributed by atoms with Crippen LogP contribution in [0.4, 0.5) is 17.1 Å². The zero-order valence-corrected chi connectivity index (χ0v) is 9.91. The summed E-state index contributed by atoms with van der Waals surface area (Å²) in [5.74, 6) is -1.34. The minimum absolute atomic E-state index is 0.0820. The zero-order valence-electron chi connectivity index (χ0n) is 9.91. The summed E-state index contributed by atoms with van der Waals surface area (Å²) in [7, 11) is 0. The average Bonchev–Trinajstić information content (AvgIpc) is 2.26. The van der Waals surface area contributed by atoms with Crippen LogP contribution in [0.1, 0.15) is 0 Å². The first kappa shape index (κ1) is 14.2. The number of nitro groups is 1. The van der Waals surface area contributed by atoms with Gasteiger partial charge in [-0.2, -0.15) is 0 Å². The van der Waals surface area contributed by atoms with E-state index in [4.69, 9.17) is 17.2 Å². The molecule has 9 heteroatoms. The third-order valence-electron chi connectivity index (χ3n) is 2.27. The van der Waals surface area contributed by atoms with Crippen molar-refractivity contribution in [3.05, 3.63) is 28.3 Å². The summed E-state index contributed by atoms with van der Waals surface area (Å²) in [6, 6.07) is 3.82. The Morgan fingerprint density at radius 3 is 2.11 bits per heavy atom. The normalized spacial score (nSPS) is 9.89. The van der Waals surface area contributed by atoms with Gasteiger partial charge in [0.25, 0.3) is 5.69 Å². The second-order valence-corrected chi connectivity index (χ2v) is 3.79. The molecule has 0 aliphatic heterocycles. The van der Waals surface area contributed by atoms with Crippen molar-refractivity contribution in [2.45, 2.75) is 0 Å². The Morgan fingerprint density at radius 2 is 1.74 bits per heavy atom. The molecule has 0 aromatic heterocycles. The van der Waals surface area contributed by atoms with Gasteiger partial charge in [0.15, 0.2) is 0 Å². The van der Waals surface area contributed by atoms with Gasteiger partial charge in [-0.1, -0.05) is 0 Å². The minimum atomic E-state index is -0.668. The number of benzene rings is 1. The Balaban J connectivity index is 3.08. The Kier molecular flexibility index (Phi) is 4.24. The van der Waals surface area contributed by atoms with Crippen LogP contribution in [0.3, 0.4) is 0 Å². The second-order valence-electron chi connectivity index (χ2n) is 3.79. The second kappa shape index (κ2) is 5.67. The molecule has 0 atom stereocenters. The van der Waals surface area contributed by atoms with Crippen LogP contribution in [0, 0.1) is 10.1 Å². The number of nitrogen functional groups attached to an aromatic ring is 1. The number of amides is 2. The lowest BCUT2D eigenvalue weighted by Gasteiger charge is -2.21. The van der Waals surface area contributed by atoms with Crippen molar-refractivity contribution < 1.29 is 14.5 Å². The number of anilines is 2. The van der Waals surface area contributed by atoms with E-state index in [0.717, 1.165) is 0 Å². The highest BCUT2D eigenvalue weighted by Crippen LogP contribution is 2.26. The number of primary amides is 2. The number of carbonyl (C=O) groups excluding carboxylic acids is 2. The summed E-state index contributed by atoms with van der Waals surface area (Å²) in [6.45, 7) is -0.500. The van der Waals surface area contributed by atoms with Crippen LogP contribution < -0.4 is 22.1 Å². The summed E-state index contributed by atoms with van der Waals surface area (Å²) in [5.41, 5.74) is 15.6. The molecule has 102 valence electrons. The first-order chi connectivity index (χ1) is 8.81. The fourth-order valence-corrected chi connectivity index (χ4v) is 1.52. The molecule has 0 radical (unpaired) electrons. The van der Waals surface area contributed by atoms with Gasteiger partial charge in [0, 0.05) is 11.8 Å². The van der Waals surface area contributed by atoms with Crippen molar-refractivity contribution in [3.8, 4) is 0 Å². The van der Waals surface area contributed by atoms with Gasteiger partial charge in [0.1, 0.15) is 5.69 Å². The largest absolute Gasteiger partial charge is 0.393 e. The first-order valence-electron chi connectivity index (χ1n) is 5.16. The van der Waals surface area contributed by atoms with Crippen molar-refractivity contribution in [3.63, 3.8) is 0 Å². The Morgan fingerprint density at radius 1 is 1.21 bits per heavy atom. The highest BCUT2D eigenvalue weighted by molar-refractivity contribution is 5.85. The van der Waals surface area contributed by atoms with Crippen LogP contribution in [-0.4, -0.2) is 29.8 Å². The highest BCUT2D eigenvalue weighted by atomic mass is 16.6. The molecule has 1 aromatic rings. The lowest BCUT2D eigenvalue weighted by molar-refractivity contribution is -0.383. The van der Waals surface area contributed by atoms with Crippen LogP contribution in [0.25, 0.3) is 0 Å². The lowest BCUT2D eigenvalue weighted by Crippen LogP contribution is -2.39. The Bertz CT molecular complexity index is 515. The molecule has 0 aliphatic rings. The van der Waals surface area contributed by atoms with E-state index in [2.05, 4.69) is 0 Å². The standard InChI is InChI=1S/C10H13N5O4/c11-7-3-6(1-2-8(7)15(18)19)14(4-9(12)16)5-10(13)17/h1-3H,4-5,11H2,(H2,12,16)(H2,13,17). The quantitative estimate of drug-likeness (QED) is 0.339. The minimum Gasteiger partial charge on any atom is -0.393 e. The summed E-state index contributed by atoms with van der Waals surface area (Å²) < 4.78 is 0. The number of nitrogens with two attached hydrogens (primary N) is 3. The van der Waals surface area contributed by atoms with Crippen molar-refractivity contribution in [2.24, 2.45) is 11.5 Å². The molecule has 1 aromatic carbocycles. The smallest absolute Gasteiger partial charge is 0.292 e. The van der Waals surface area contributed by atoms with Gasteiger partial charge in [-0.3, -0.25) is 19.7 Å². The summed E-state index contributed by atoms with van der Waals surface area (Å²) in [4.78, 5) is 33.1. The van der Waals surface area contributed by atoms with Crippen molar-refractivity contribution >= 4 is 28.9 Å². The van der Waals surface area contributed by atoms with E-state index in [1.807, 2.05) is 0 Å². The molecular formula is C10H13N5O4. The number of hydrogen-bond acceptors (Lipinski definition) is 6. The third kappa shape index (κ3) is 3.84. The number of hydrogen-bond donors (Lipinski definition) is 3. The average molecular weight is 267 g/mol. The number of nitro benzene ring substituents is 1. The van der Waals surface area contributed by atoms with Gasteiger partial charge in [0.2, 0.25) is 11.8 Å². The topological polar surface area (TPSA) is 159 Å². The summed E-state index contributed by atoms with van der Waals surface area (Å²) >= 11 is 0. The predicted molar refractivity (Wildman–Crippen MR) is 68.1 cm³/mol. The molecule has 0 spiro atoms. The maximum absolute atomic E-state index is 10.9. The van der Waals surface area contributed by atoms with Crippen LogP contribution in [0.2, 0.25) is 0 Å². The van der Waals surface area contributed by atoms with Gasteiger partial charge in [-0.25, -0.2) is 0 Å². The molecule has 0 saturated carbocycles. The molecule has 19 heavy (non-hydrogen) atoms. The maximum atomic E-state index is 10.9. The molecule has 1 rings (SSSR count). The van der Waals surface area contributed by atoms with E-state index >= 15 is 0 Å². The third-order valence-corrected chi connectivity index (χ3v) is 2.27. The van der Waals surface area contributed by atoms with Gasteiger partial charge in [-0.05, 0) is 12.1 Å². The molecule has 0 saturated heterocycles. The Hall–Kier alpha value is -2.84. The molecule has 2 amide bonds. The van der Waals surface area contributed by atoms with Crippen LogP contribution in [0.15, 0.2) is 18.2 Å². The fourth-order valence-electron chi connectivity index (χ4n) is 1.52. The van der Waals surface area contributed by atoms with Gasteiger partial charge < -0.3 is 22.1 Å². The molecule has 0 fully saturated rings. The van der Waals surface area contributed by atoms with E-state index in [1.165, 1.54) is 23.1 Å². The lowest BCUT2D eigenvalue weighted by atomic mass is 10.2. The molecule has 0 heterocycles. The highest BCUT2D eigenvalue weighted by Gasteiger charge is 2.16. The van der Waals surface area contributed by atoms with E-state index in [0.29, 0.717) is 5.69 Å². The van der Waals surface area contributed by atoms with Crippen LogP contribution in [-0.2, 0) is 9.59 Å². The fraction of sp³-hybridized carbons (Fsp3) is 0.200. The van der Waals surface area contributed by atoms with Gasteiger partial charge in [0.05, 0.1) is 18.0 Å². The first-order valence-corrected chi connectivity index (χ1v) is 5.16. The molecule has 6 N–H and O–H groups in total. The zero-order chi connectivity index (χ0) is 14.6. The summed E-state index contributed by atoms with van der Waals surface area (Å²) in [5, 5.41) is 10.6. The van der Waals surface area contributed by atoms with Gasteiger partial charge in [-0.15, -0.1) is 0 Å². The van der Waals surface area contributed by atoms with Crippen LogP contribution >= 0.6 is 0 Å². The number of rotatable bonds is 6. The van der Waals surface area contributed by atoms with E-state index in [9.17, 15) is 19.7 Å². The predicted octanol–water partition coefficient (Wildman–Crippen LogP) is -1.05. The van der Waals surface area contributed by atoms with E-state index in [-0.39, 0.29) is 24.5 Å². The molecule has 0 unspecified atom stereocenters. The maximum Gasteiger partial charge on any atom is 0.292 e. The molecule has 0 bridgehead atoms. The molecule has 0 aliphatic carbocycles. The SMILES string of the molecule is NC(=O)CN(CC(N)=O)c1ccc([N+](=O)[O-])c(N)c1. The van der Waals surface area contributed by atoms with E-state index < -0.39 is 16.7 Å².